The molecule has 0 amide bonds. The quantitative estimate of drug-likeness (QED) is 0.375. The van der Waals surface area contributed by atoms with E-state index in [4.69, 9.17) is 34.4 Å². The maximum atomic E-state index is 10.6. The zero-order chi connectivity index (χ0) is 29.7. The van der Waals surface area contributed by atoms with E-state index in [0.29, 0.717) is 6.61 Å². The van der Waals surface area contributed by atoms with Crippen LogP contribution in [0.5, 0.6) is 5.88 Å². The summed E-state index contributed by atoms with van der Waals surface area (Å²) in [7, 11) is 0. The van der Waals surface area contributed by atoms with E-state index in [1.807, 2.05) is 24.4 Å². The number of aromatic nitrogens is 2. The molecule has 0 fully saturated rings. The maximum Gasteiger partial charge on any atom is 0.490 e. The van der Waals surface area contributed by atoms with E-state index in [2.05, 4.69) is 21.4 Å². The highest BCUT2D eigenvalue weighted by molar-refractivity contribution is 5.73. The van der Waals surface area contributed by atoms with Crippen molar-refractivity contribution in [3.63, 3.8) is 0 Å². The number of nitrogens with zero attached hydrogens (tertiary/aromatic N) is 2. The third kappa shape index (κ3) is 13.8. The highest BCUT2D eigenvalue weighted by atomic mass is 19.4. The molecule has 0 saturated heterocycles. The minimum atomic E-state index is -5.08. The molecule has 19 heteroatoms. The van der Waals surface area contributed by atoms with Crippen molar-refractivity contribution in [3.05, 3.63) is 42.2 Å². The highest BCUT2D eigenvalue weighted by Crippen LogP contribution is 2.23. The molecule has 3 rings (SSSR count). The van der Waals surface area contributed by atoms with Gasteiger partial charge >= 0.3 is 36.4 Å². The van der Waals surface area contributed by atoms with Crippen molar-refractivity contribution in [2.45, 2.75) is 25.1 Å². The van der Waals surface area contributed by atoms with Crippen LogP contribution in [0.25, 0.3) is 11.3 Å². The van der Waals surface area contributed by atoms with Crippen molar-refractivity contribution in [2.75, 3.05) is 13.2 Å². The number of nitrogens with one attached hydrogen (secondary N) is 1. The van der Waals surface area contributed by atoms with E-state index in [9.17, 15) is 39.5 Å². The van der Waals surface area contributed by atoms with Crippen LogP contribution in [0, 0.1) is 0 Å². The molecule has 0 unspecified atom stereocenters. The average molecular weight is 569 g/mol. The van der Waals surface area contributed by atoms with Crippen LogP contribution in [0.2, 0.25) is 0 Å². The fourth-order valence-corrected chi connectivity index (χ4v) is 1.85. The van der Waals surface area contributed by atoms with Crippen LogP contribution in [0.1, 0.15) is 5.56 Å². The summed E-state index contributed by atoms with van der Waals surface area (Å²) in [4.78, 5) is 35.3. The van der Waals surface area contributed by atoms with Gasteiger partial charge in [-0.2, -0.15) is 39.5 Å². The Balaban J connectivity index is 0.000000550. The van der Waals surface area contributed by atoms with Gasteiger partial charge in [0.05, 0.1) is 5.69 Å². The van der Waals surface area contributed by atoms with Crippen LogP contribution in [-0.4, -0.2) is 74.9 Å². The van der Waals surface area contributed by atoms with Gasteiger partial charge in [0.25, 0.3) is 0 Å². The number of rotatable bonds is 1. The summed E-state index contributed by atoms with van der Waals surface area (Å²) in [5.41, 5.74) is 3.02. The summed E-state index contributed by atoms with van der Waals surface area (Å²) in [5.74, 6) is -7.54. The molecule has 0 bridgehead atoms. The molecule has 2 aromatic rings. The number of carbonyl (C=O) groups is 3. The Hall–Kier alpha value is -4.16. The number of carboxylic acids is 3. The number of carboxylic acid groups (broad SMARTS) is 3. The molecule has 38 heavy (non-hydrogen) atoms. The van der Waals surface area contributed by atoms with Crippen LogP contribution in [0.4, 0.5) is 39.5 Å². The molecule has 0 radical (unpaired) electrons. The Morgan fingerprint density at radius 2 is 1.29 bits per heavy atom. The molecule has 0 spiro atoms. The topological polar surface area (TPSA) is 159 Å². The molecule has 0 aliphatic carbocycles. The Labute approximate surface area is 205 Å². The fraction of sp³-hybridized carbons (Fsp3) is 0.316. The van der Waals surface area contributed by atoms with Crippen molar-refractivity contribution in [1.82, 2.24) is 15.3 Å². The lowest BCUT2D eigenvalue weighted by molar-refractivity contribution is -0.193. The number of pyridine rings is 2. The molecular formula is C19H16F9N3O7. The zero-order valence-electron chi connectivity index (χ0n) is 18.4. The second kappa shape index (κ2) is 14.5. The SMILES string of the molecule is O=C(O)C(F)(F)F.O=C(O)C(F)(F)F.O=C(O)C(F)(F)F.c1cncc(-c2ccc3c(n2)OCCNC3)c1. The van der Waals surface area contributed by atoms with Crippen LogP contribution in [0.3, 0.4) is 0 Å². The number of hydrogen-bond donors (Lipinski definition) is 4. The minimum absolute atomic E-state index is 0.663. The van der Waals surface area contributed by atoms with E-state index >= 15 is 0 Å². The van der Waals surface area contributed by atoms with Gasteiger partial charge in [-0.15, -0.1) is 0 Å². The van der Waals surface area contributed by atoms with Gasteiger partial charge in [0.15, 0.2) is 0 Å². The molecule has 10 nitrogen and oxygen atoms in total. The number of hydrogen-bond acceptors (Lipinski definition) is 7. The number of ether oxygens (including phenoxy) is 1. The summed E-state index contributed by atoms with van der Waals surface area (Å²) < 4.78 is 101. The smallest absolute Gasteiger partial charge is 0.476 e. The van der Waals surface area contributed by atoms with Gasteiger partial charge in [-0.3, -0.25) is 4.98 Å². The summed E-state index contributed by atoms with van der Waals surface area (Å²) in [6, 6.07) is 7.97. The van der Waals surface area contributed by atoms with Crippen molar-refractivity contribution in [1.29, 1.82) is 0 Å². The van der Waals surface area contributed by atoms with Crippen molar-refractivity contribution >= 4 is 17.9 Å². The van der Waals surface area contributed by atoms with E-state index in [1.54, 1.807) is 6.20 Å². The molecule has 0 atom stereocenters. The van der Waals surface area contributed by atoms with Crippen LogP contribution >= 0.6 is 0 Å². The van der Waals surface area contributed by atoms with Gasteiger partial charge in [-0.05, 0) is 18.2 Å². The predicted octanol–water partition coefficient (Wildman–Crippen LogP) is 3.53. The molecular weight excluding hydrogens is 553 g/mol. The lowest BCUT2D eigenvalue weighted by Crippen LogP contribution is -2.21. The summed E-state index contributed by atoms with van der Waals surface area (Å²) in [5, 5.41) is 24.7. The van der Waals surface area contributed by atoms with Crippen molar-refractivity contribution in [2.24, 2.45) is 0 Å². The Morgan fingerprint density at radius 1 is 0.816 bits per heavy atom. The zero-order valence-corrected chi connectivity index (χ0v) is 18.4. The molecule has 3 heterocycles. The standard InChI is InChI=1S/C13H13N3O.3C2HF3O2/c1-2-10(8-14-5-1)12-4-3-11-9-15-6-7-17-13(11)16-12;3*3-2(4,5)1(6)7/h1-5,8,15H,6-7,9H2;3*(H,6,7). The number of halogens is 9. The van der Waals surface area contributed by atoms with E-state index in [-0.39, 0.29) is 0 Å². The van der Waals surface area contributed by atoms with Crippen LogP contribution in [-0.2, 0) is 20.9 Å². The normalized spacial score (nSPS) is 12.8. The summed E-state index contributed by atoms with van der Waals surface area (Å²) in [6.45, 7) is 2.34. The first-order chi connectivity index (χ1) is 17.3. The fourth-order valence-electron chi connectivity index (χ4n) is 1.85. The largest absolute Gasteiger partial charge is 0.490 e. The van der Waals surface area contributed by atoms with Gasteiger partial charge in [0, 0.05) is 36.6 Å². The van der Waals surface area contributed by atoms with E-state index in [0.717, 1.165) is 35.8 Å². The molecule has 1 aliphatic heterocycles. The molecule has 0 saturated carbocycles. The lowest BCUT2D eigenvalue weighted by atomic mass is 10.1. The van der Waals surface area contributed by atoms with Crippen LogP contribution in [0.15, 0.2) is 36.7 Å². The third-order valence-electron chi connectivity index (χ3n) is 3.46. The summed E-state index contributed by atoms with van der Waals surface area (Å²) in [6.07, 6.45) is -11.7. The van der Waals surface area contributed by atoms with Gasteiger partial charge < -0.3 is 25.4 Å². The average Bonchev–Trinajstić information content (AvgIpc) is 3.04. The lowest BCUT2D eigenvalue weighted by Gasteiger charge is -2.07. The molecule has 1 aliphatic rings. The van der Waals surface area contributed by atoms with Crippen LogP contribution < -0.4 is 10.1 Å². The second-order valence-electron chi connectivity index (χ2n) is 6.34. The maximum absolute atomic E-state index is 10.6. The first-order valence-electron chi connectivity index (χ1n) is 9.41. The molecule has 0 aromatic carbocycles. The predicted molar refractivity (Wildman–Crippen MR) is 106 cm³/mol. The molecule has 212 valence electrons. The van der Waals surface area contributed by atoms with Crippen molar-refractivity contribution < 1.29 is 74.0 Å². The summed E-state index contributed by atoms with van der Waals surface area (Å²) >= 11 is 0. The Morgan fingerprint density at radius 3 is 1.68 bits per heavy atom. The number of aliphatic carboxylic acids is 3. The number of fused-ring (bicyclic) bond motifs is 1. The van der Waals surface area contributed by atoms with Gasteiger partial charge in [-0.1, -0.05) is 6.07 Å². The van der Waals surface area contributed by atoms with Gasteiger partial charge in [0.1, 0.15) is 6.61 Å². The highest BCUT2D eigenvalue weighted by Gasteiger charge is 2.39. The molecule has 4 N–H and O–H groups in total. The third-order valence-corrected chi connectivity index (χ3v) is 3.46. The first-order valence-corrected chi connectivity index (χ1v) is 9.41. The second-order valence-corrected chi connectivity index (χ2v) is 6.34. The van der Waals surface area contributed by atoms with E-state index in [1.165, 1.54) is 0 Å². The molecule has 2 aromatic heterocycles. The Bertz CT molecular complexity index is 1000. The van der Waals surface area contributed by atoms with E-state index < -0.39 is 36.4 Å². The minimum Gasteiger partial charge on any atom is -0.476 e. The van der Waals surface area contributed by atoms with Crippen molar-refractivity contribution in [3.8, 4) is 17.1 Å². The number of alkyl halides is 9. The Kier molecular flexibility index (Phi) is 13.0. The van der Waals surface area contributed by atoms with Gasteiger partial charge in [0.2, 0.25) is 5.88 Å². The first kappa shape index (κ1) is 33.8. The monoisotopic (exact) mass is 569 g/mol. The van der Waals surface area contributed by atoms with Gasteiger partial charge in [-0.25, -0.2) is 19.4 Å².